The topological polar surface area (TPSA) is 77.0 Å². The first-order valence-corrected chi connectivity index (χ1v) is 6.39. The molecule has 1 heterocycles. The van der Waals surface area contributed by atoms with Gasteiger partial charge in [0.2, 0.25) is 0 Å². The fourth-order valence-corrected chi connectivity index (χ4v) is 2.79. The molecule has 0 amide bonds. The smallest absolute Gasteiger partial charge is 0.128 e. The van der Waals surface area contributed by atoms with Crippen LogP contribution in [0.25, 0.3) is 0 Å². The van der Waals surface area contributed by atoms with Crippen LogP contribution in [0.15, 0.2) is 18.3 Å². The number of nitrogens with zero attached hydrogens (tertiary/aromatic N) is 1. The lowest BCUT2D eigenvalue weighted by atomic mass is 9.77. The minimum Gasteiger partial charge on any atom is -0.383 e. The highest BCUT2D eigenvalue weighted by Crippen LogP contribution is 2.37. The molecule has 0 spiro atoms. The third-order valence-electron chi connectivity index (χ3n) is 3.92. The van der Waals surface area contributed by atoms with E-state index >= 15 is 0 Å². The van der Waals surface area contributed by atoms with Gasteiger partial charge in [0.25, 0.3) is 0 Å². The summed E-state index contributed by atoms with van der Waals surface area (Å²) < 4.78 is 0. The Balaban J connectivity index is 2.14. The second-order valence-corrected chi connectivity index (χ2v) is 5.14. The predicted molar refractivity (Wildman–Crippen MR) is 69.8 cm³/mol. The van der Waals surface area contributed by atoms with E-state index in [0.717, 1.165) is 11.5 Å². The van der Waals surface area contributed by atoms with E-state index in [9.17, 15) is 0 Å². The molecular formula is C13H22N4. The van der Waals surface area contributed by atoms with Gasteiger partial charge in [-0.15, -0.1) is 0 Å². The molecule has 0 saturated heterocycles. The van der Waals surface area contributed by atoms with Gasteiger partial charge >= 0.3 is 0 Å². The third kappa shape index (κ3) is 2.76. The largest absolute Gasteiger partial charge is 0.383 e. The molecule has 1 aliphatic carbocycles. The third-order valence-corrected chi connectivity index (χ3v) is 3.92. The maximum Gasteiger partial charge on any atom is 0.128 e. The summed E-state index contributed by atoms with van der Waals surface area (Å²) in [7, 11) is 0. The van der Waals surface area contributed by atoms with E-state index in [0.29, 0.717) is 11.7 Å². The first-order valence-electron chi connectivity index (χ1n) is 6.39. The molecule has 4 heteroatoms. The number of rotatable bonds is 3. The van der Waals surface area contributed by atoms with E-state index in [1.165, 1.54) is 25.7 Å². The Morgan fingerprint density at radius 1 is 1.35 bits per heavy atom. The molecule has 0 bridgehead atoms. The average molecular weight is 234 g/mol. The molecule has 2 rings (SSSR count). The Morgan fingerprint density at radius 3 is 2.65 bits per heavy atom. The van der Waals surface area contributed by atoms with Crippen LogP contribution in [0, 0.1) is 11.8 Å². The minimum absolute atomic E-state index is 0.135. The number of anilines is 1. The summed E-state index contributed by atoms with van der Waals surface area (Å²) in [6.07, 6.45) is 6.70. The molecule has 1 aromatic heterocycles. The standard InChI is InChI=1S/C13H22N4/c1-9-4-6-10(7-5-9)12(17-15)11-3-2-8-16-13(11)14/h2-3,8-10,12,17H,4-7,15H2,1H3,(H2,14,16). The van der Waals surface area contributed by atoms with Crippen LogP contribution >= 0.6 is 0 Å². The summed E-state index contributed by atoms with van der Waals surface area (Å²) in [5, 5.41) is 0. The van der Waals surface area contributed by atoms with Gasteiger partial charge in [0.05, 0.1) is 6.04 Å². The molecule has 1 atom stereocenters. The second-order valence-electron chi connectivity index (χ2n) is 5.14. The van der Waals surface area contributed by atoms with Gasteiger partial charge in [0, 0.05) is 11.8 Å². The van der Waals surface area contributed by atoms with E-state index in [2.05, 4.69) is 17.3 Å². The van der Waals surface area contributed by atoms with Crippen LogP contribution in [0.2, 0.25) is 0 Å². The minimum atomic E-state index is 0.135. The number of hydrogen-bond acceptors (Lipinski definition) is 4. The zero-order valence-electron chi connectivity index (χ0n) is 10.4. The van der Waals surface area contributed by atoms with Crippen LogP contribution in [-0.4, -0.2) is 4.98 Å². The molecular weight excluding hydrogens is 212 g/mol. The summed E-state index contributed by atoms with van der Waals surface area (Å²) in [5.74, 6) is 7.71. The lowest BCUT2D eigenvalue weighted by Crippen LogP contribution is -2.35. The van der Waals surface area contributed by atoms with Crippen LogP contribution < -0.4 is 17.0 Å². The van der Waals surface area contributed by atoms with Crippen molar-refractivity contribution < 1.29 is 0 Å². The van der Waals surface area contributed by atoms with Crippen LogP contribution in [-0.2, 0) is 0 Å². The molecule has 0 radical (unpaired) electrons. The molecule has 4 nitrogen and oxygen atoms in total. The Morgan fingerprint density at radius 2 is 2.06 bits per heavy atom. The molecule has 1 saturated carbocycles. The molecule has 1 unspecified atom stereocenters. The van der Waals surface area contributed by atoms with Crippen molar-refractivity contribution in [2.45, 2.75) is 38.6 Å². The van der Waals surface area contributed by atoms with Gasteiger partial charge in [-0.05, 0) is 30.7 Å². The highest BCUT2D eigenvalue weighted by molar-refractivity contribution is 5.41. The van der Waals surface area contributed by atoms with Crippen molar-refractivity contribution >= 4 is 5.82 Å². The predicted octanol–water partition coefficient (Wildman–Crippen LogP) is 1.99. The van der Waals surface area contributed by atoms with Crippen molar-refractivity contribution in [1.82, 2.24) is 10.4 Å². The van der Waals surface area contributed by atoms with Gasteiger partial charge < -0.3 is 5.73 Å². The van der Waals surface area contributed by atoms with Crippen molar-refractivity contribution in [3.63, 3.8) is 0 Å². The van der Waals surface area contributed by atoms with E-state index in [4.69, 9.17) is 11.6 Å². The number of nitrogens with one attached hydrogen (secondary N) is 1. The van der Waals surface area contributed by atoms with Crippen molar-refractivity contribution in [1.29, 1.82) is 0 Å². The first kappa shape index (κ1) is 12.3. The number of nitrogen functional groups attached to an aromatic ring is 1. The zero-order chi connectivity index (χ0) is 12.3. The first-order chi connectivity index (χ1) is 8.22. The number of hydrazine groups is 1. The van der Waals surface area contributed by atoms with E-state index in [1.807, 2.05) is 12.1 Å². The van der Waals surface area contributed by atoms with Gasteiger partial charge in [0.1, 0.15) is 5.82 Å². The van der Waals surface area contributed by atoms with Gasteiger partial charge in [-0.1, -0.05) is 25.8 Å². The van der Waals surface area contributed by atoms with E-state index < -0.39 is 0 Å². The zero-order valence-corrected chi connectivity index (χ0v) is 10.4. The fourth-order valence-electron chi connectivity index (χ4n) is 2.79. The normalized spacial score (nSPS) is 26.7. The van der Waals surface area contributed by atoms with E-state index in [1.54, 1.807) is 6.20 Å². The molecule has 1 aliphatic rings. The van der Waals surface area contributed by atoms with Crippen molar-refractivity contribution in [2.75, 3.05) is 5.73 Å². The summed E-state index contributed by atoms with van der Waals surface area (Å²) in [5.41, 5.74) is 9.88. The quantitative estimate of drug-likeness (QED) is 0.552. The molecule has 0 aromatic carbocycles. The highest BCUT2D eigenvalue weighted by Gasteiger charge is 2.27. The molecule has 94 valence electrons. The molecule has 17 heavy (non-hydrogen) atoms. The van der Waals surface area contributed by atoms with Crippen LogP contribution in [0.3, 0.4) is 0 Å². The summed E-state index contributed by atoms with van der Waals surface area (Å²) in [6.45, 7) is 2.32. The number of hydrogen-bond donors (Lipinski definition) is 3. The number of nitrogens with two attached hydrogens (primary N) is 2. The van der Waals surface area contributed by atoms with Crippen LogP contribution in [0.1, 0.15) is 44.2 Å². The lowest BCUT2D eigenvalue weighted by Gasteiger charge is -2.32. The van der Waals surface area contributed by atoms with Crippen LogP contribution in [0.4, 0.5) is 5.82 Å². The second kappa shape index (κ2) is 5.47. The molecule has 0 aliphatic heterocycles. The fraction of sp³-hybridized carbons (Fsp3) is 0.615. The SMILES string of the molecule is CC1CCC(C(NN)c2cccnc2N)CC1. The van der Waals surface area contributed by atoms with Crippen molar-refractivity contribution in [3.05, 3.63) is 23.9 Å². The number of aromatic nitrogens is 1. The molecule has 1 aromatic rings. The van der Waals surface area contributed by atoms with Gasteiger partial charge in [-0.3, -0.25) is 11.3 Å². The molecule has 1 fully saturated rings. The van der Waals surface area contributed by atoms with Gasteiger partial charge in [-0.25, -0.2) is 4.98 Å². The lowest BCUT2D eigenvalue weighted by molar-refractivity contribution is 0.232. The Kier molecular flexibility index (Phi) is 3.97. The maximum atomic E-state index is 5.92. The Bertz CT molecular complexity index is 358. The van der Waals surface area contributed by atoms with E-state index in [-0.39, 0.29) is 6.04 Å². The monoisotopic (exact) mass is 234 g/mol. The summed E-state index contributed by atoms with van der Waals surface area (Å²) in [6, 6.07) is 4.07. The highest BCUT2D eigenvalue weighted by atomic mass is 15.2. The summed E-state index contributed by atoms with van der Waals surface area (Å²) >= 11 is 0. The van der Waals surface area contributed by atoms with Gasteiger partial charge in [-0.2, -0.15) is 0 Å². The van der Waals surface area contributed by atoms with Crippen molar-refractivity contribution in [2.24, 2.45) is 17.7 Å². The average Bonchev–Trinajstić information content (AvgIpc) is 2.35. The van der Waals surface area contributed by atoms with Crippen molar-refractivity contribution in [3.8, 4) is 0 Å². The van der Waals surface area contributed by atoms with Crippen LogP contribution in [0.5, 0.6) is 0 Å². The van der Waals surface area contributed by atoms with Gasteiger partial charge in [0.15, 0.2) is 0 Å². The molecule has 5 N–H and O–H groups in total. The number of pyridine rings is 1. The Hall–Kier alpha value is -1.13. The Labute approximate surface area is 103 Å². The maximum absolute atomic E-state index is 5.92. The summed E-state index contributed by atoms with van der Waals surface area (Å²) in [4.78, 5) is 4.14.